The maximum Gasteiger partial charge on any atom is 0.573 e. The van der Waals surface area contributed by atoms with Crippen LogP contribution in [0, 0.1) is 11.3 Å². The topological polar surface area (TPSA) is 88.1 Å². The van der Waals surface area contributed by atoms with E-state index >= 15 is 0 Å². The second kappa shape index (κ2) is 9.08. The van der Waals surface area contributed by atoms with Crippen molar-refractivity contribution in [1.82, 2.24) is 5.32 Å². The molecule has 0 aromatic heterocycles. The SMILES string of the molecule is CCSc1ccc(C#N)cc1CNC(=O)c1cc(OC(F)(F)F)cc(Cl)c1N. The van der Waals surface area contributed by atoms with Crippen molar-refractivity contribution in [3.05, 3.63) is 52.0 Å². The average Bonchev–Trinajstić information content (AvgIpc) is 2.62. The van der Waals surface area contributed by atoms with Gasteiger partial charge in [0, 0.05) is 17.5 Å². The van der Waals surface area contributed by atoms with Crippen LogP contribution in [-0.2, 0) is 6.54 Å². The Morgan fingerprint density at radius 2 is 2.07 bits per heavy atom. The summed E-state index contributed by atoms with van der Waals surface area (Å²) < 4.78 is 41.1. The number of amides is 1. The molecule has 148 valence electrons. The summed E-state index contributed by atoms with van der Waals surface area (Å²) in [5.74, 6) is -0.584. The summed E-state index contributed by atoms with van der Waals surface area (Å²) in [5, 5.41) is 11.4. The Morgan fingerprint density at radius 1 is 1.36 bits per heavy atom. The van der Waals surface area contributed by atoms with E-state index in [4.69, 9.17) is 22.6 Å². The number of ether oxygens (including phenoxy) is 1. The maximum absolute atomic E-state index is 12.5. The molecule has 0 aliphatic rings. The lowest BCUT2D eigenvalue weighted by molar-refractivity contribution is -0.274. The number of nitrogens with zero attached hydrogens (tertiary/aromatic N) is 1. The van der Waals surface area contributed by atoms with Gasteiger partial charge in [-0.25, -0.2) is 0 Å². The van der Waals surface area contributed by atoms with Gasteiger partial charge >= 0.3 is 6.36 Å². The zero-order chi connectivity index (χ0) is 20.9. The number of carbonyl (C=O) groups is 1. The van der Waals surface area contributed by atoms with Gasteiger partial charge in [-0.15, -0.1) is 24.9 Å². The fraction of sp³-hybridized carbons (Fsp3) is 0.222. The molecule has 0 aliphatic carbocycles. The Bertz CT molecular complexity index is 930. The molecule has 5 nitrogen and oxygen atoms in total. The summed E-state index contributed by atoms with van der Waals surface area (Å²) in [4.78, 5) is 13.4. The third-order valence-corrected chi connectivity index (χ3v) is 4.82. The van der Waals surface area contributed by atoms with Crippen molar-refractivity contribution in [2.45, 2.75) is 24.7 Å². The van der Waals surface area contributed by atoms with E-state index in [1.54, 1.807) is 18.2 Å². The Kier molecular flexibility index (Phi) is 7.05. The van der Waals surface area contributed by atoms with Gasteiger partial charge in [0.1, 0.15) is 5.75 Å². The molecule has 28 heavy (non-hydrogen) atoms. The molecule has 0 saturated carbocycles. The number of nitrogens with two attached hydrogens (primary N) is 1. The molecular formula is C18H15ClF3N3O2S. The molecule has 0 spiro atoms. The first-order valence-corrected chi connectivity index (χ1v) is 9.29. The van der Waals surface area contributed by atoms with Gasteiger partial charge in [-0.1, -0.05) is 18.5 Å². The number of thioether (sulfide) groups is 1. The van der Waals surface area contributed by atoms with Gasteiger partial charge in [0.15, 0.2) is 0 Å². The van der Waals surface area contributed by atoms with Gasteiger partial charge in [-0.05, 0) is 35.6 Å². The van der Waals surface area contributed by atoms with Crippen LogP contribution in [0.2, 0.25) is 5.02 Å². The van der Waals surface area contributed by atoms with Crippen molar-refractivity contribution < 1.29 is 22.7 Å². The second-order valence-electron chi connectivity index (χ2n) is 5.46. The summed E-state index contributed by atoms with van der Waals surface area (Å²) in [5.41, 5.74) is 6.45. The minimum absolute atomic E-state index is 0.0537. The Morgan fingerprint density at radius 3 is 2.68 bits per heavy atom. The summed E-state index contributed by atoms with van der Waals surface area (Å²) in [6.07, 6.45) is -4.93. The number of hydrogen-bond acceptors (Lipinski definition) is 5. The first kappa shape index (κ1) is 21.7. The standard InChI is InChI=1S/C18H15ClF3N3O2S/c1-2-28-15-4-3-10(8-23)5-11(15)9-25-17(26)13-6-12(27-18(20,21)22)7-14(19)16(13)24/h3-7H,2,9,24H2,1H3,(H,25,26). The molecule has 0 atom stereocenters. The molecule has 0 fully saturated rings. The van der Waals surface area contributed by atoms with Gasteiger partial charge in [-0.3, -0.25) is 4.79 Å². The zero-order valence-electron chi connectivity index (χ0n) is 14.6. The largest absolute Gasteiger partial charge is 0.573 e. The van der Waals surface area contributed by atoms with Gasteiger partial charge in [0.25, 0.3) is 5.91 Å². The molecule has 0 aliphatic heterocycles. The van der Waals surface area contributed by atoms with Crippen LogP contribution in [0.5, 0.6) is 5.75 Å². The van der Waals surface area contributed by atoms with Crippen molar-refractivity contribution in [1.29, 1.82) is 5.26 Å². The number of alkyl halides is 3. The number of hydrogen-bond donors (Lipinski definition) is 2. The smallest absolute Gasteiger partial charge is 0.406 e. The zero-order valence-corrected chi connectivity index (χ0v) is 16.1. The average molecular weight is 430 g/mol. The van der Waals surface area contributed by atoms with Crippen molar-refractivity contribution in [3.8, 4) is 11.8 Å². The van der Waals surface area contributed by atoms with E-state index < -0.39 is 18.0 Å². The fourth-order valence-corrected chi connectivity index (χ4v) is 3.33. The highest BCUT2D eigenvalue weighted by atomic mass is 35.5. The predicted molar refractivity (Wildman–Crippen MR) is 101 cm³/mol. The number of nitrogens with one attached hydrogen (secondary N) is 1. The number of anilines is 1. The first-order chi connectivity index (χ1) is 13.1. The van der Waals surface area contributed by atoms with Gasteiger partial charge in [0.05, 0.1) is 27.9 Å². The fourth-order valence-electron chi connectivity index (χ4n) is 2.33. The van der Waals surface area contributed by atoms with Gasteiger partial charge < -0.3 is 15.8 Å². The van der Waals surface area contributed by atoms with Crippen LogP contribution < -0.4 is 15.8 Å². The normalized spacial score (nSPS) is 11.0. The lowest BCUT2D eigenvalue weighted by Crippen LogP contribution is -2.25. The minimum Gasteiger partial charge on any atom is -0.406 e. The van der Waals surface area contributed by atoms with Crippen LogP contribution in [0.25, 0.3) is 0 Å². The summed E-state index contributed by atoms with van der Waals surface area (Å²) in [7, 11) is 0. The third kappa shape index (κ3) is 5.71. The second-order valence-corrected chi connectivity index (χ2v) is 7.18. The summed E-state index contributed by atoms with van der Waals surface area (Å²) in [6, 6.07) is 8.85. The van der Waals surface area contributed by atoms with Gasteiger partial charge in [-0.2, -0.15) is 5.26 Å². The molecule has 2 aromatic carbocycles. The Labute approximate surface area is 168 Å². The number of halogens is 4. The van der Waals surface area contributed by atoms with Crippen LogP contribution in [0.1, 0.15) is 28.4 Å². The number of nitriles is 1. The first-order valence-electron chi connectivity index (χ1n) is 7.93. The molecule has 0 unspecified atom stereocenters. The molecule has 2 aromatic rings. The van der Waals surface area contributed by atoms with E-state index in [2.05, 4.69) is 10.1 Å². The van der Waals surface area contributed by atoms with Gasteiger partial charge in [0.2, 0.25) is 0 Å². The van der Waals surface area contributed by atoms with E-state index in [1.165, 1.54) is 11.8 Å². The van der Waals surface area contributed by atoms with E-state index in [0.29, 0.717) is 11.1 Å². The molecule has 2 rings (SSSR count). The van der Waals surface area contributed by atoms with Crippen LogP contribution >= 0.6 is 23.4 Å². The van der Waals surface area contributed by atoms with Crippen molar-refractivity contribution >= 4 is 35.0 Å². The molecule has 0 radical (unpaired) electrons. The highest BCUT2D eigenvalue weighted by Gasteiger charge is 2.32. The number of nitrogen functional groups attached to an aromatic ring is 1. The van der Waals surface area contributed by atoms with Crippen molar-refractivity contribution in [2.75, 3.05) is 11.5 Å². The Balaban J connectivity index is 2.25. The minimum atomic E-state index is -4.93. The lowest BCUT2D eigenvalue weighted by atomic mass is 10.1. The molecule has 0 heterocycles. The van der Waals surface area contributed by atoms with E-state index in [-0.39, 0.29) is 22.8 Å². The molecule has 1 amide bonds. The molecule has 10 heteroatoms. The van der Waals surface area contributed by atoms with Crippen LogP contribution in [0.3, 0.4) is 0 Å². The van der Waals surface area contributed by atoms with Crippen LogP contribution in [0.15, 0.2) is 35.2 Å². The van der Waals surface area contributed by atoms with E-state index in [9.17, 15) is 18.0 Å². The van der Waals surface area contributed by atoms with Crippen LogP contribution in [-0.4, -0.2) is 18.0 Å². The highest BCUT2D eigenvalue weighted by molar-refractivity contribution is 7.99. The van der Waals surface area contributed by atoms with Crippen molar-refractivity contribution in [3.63, 3.8) is 0 Å². The predicted octanol–water partition coefficient (Wildman–Crippen LogP) is 4.73. The van der Waals surface area contributed by atoms with E-state index in [1.807, 2.05) is 13.0 Å². The number of carbonyl (C=O) groups excluding carboxylic acids is 1. The molecule has 0 bridgehead atoms. The molecule has 3 N–H and O–H groups in total. The Hall–Kier alpha value is -2.57. The monoisotopic (exact) mass is 429 g/mol. The highest BCUT2D eigenvalue weighted by Crippen LogP contribution is 2.32. The summed E-state index contributed by atoms with van der Waals surface area (Å²) >= 11 is 7.35. The quantitative estimate of drug-likeness (QED) is 0.511. The third-order valence-electron chi connectivity index (χ3n) is 3.51. The molecule has 0 saturated heterocycles. The van der Waals surface area contributed by atoms with Crippen LogP contribution in [0.4, 0.5) is 18.9 Å². The molecular weight excluding hydrogens is 415 g/mol. The number of benzene rings is 2. The lowest BCUT2D eigenvalue weighted by Gasteiger charge is -2.14. The van der Waals surface area contributed by atoms with E-state index in [0.717, 1.165) is 22.8 Å². The summed E-state index contributed by atoms with van der Waals surface area (Å²) in [6.45, 7) is 2.01. The van der Waals surface area contributed by atoms with Crippen molar-refractivity contribution in [2.24, 2.45) is 0 Å². The number of rotatable bonds is 6. The maximum atomic E-state index is 12.5.